The monoisotopic (exact) mass is 344 g/mol. The average Bonchev–Trinajstić information content (AvgIpc) is 3.00. The van der Waals surface area contributed by atoms with Gasteiger partial charge in [-0.15, -0.1) is 0 Å². The van der Waals surface area contributed by atoms with Crippen molar-refractivity contribution in [2.75, 3.05) is 6.61 Å². The molecule has 0 fully saturated rings. The smallest absolute Gasteiger partial charge is 0.269 e. The fourth-order valence-electron chi connectivity index (χ4n) is 2.16. The maximum absolute atomic E-state index is 13.1. The highest BCUT2D eigenvalue weighted by Gasteiger charge is 2.08. The van der Waals surface area contributed by atoms with Crippen LogP contribution in [-0.4, -0.2) is 27.4 Å². The Balaban J connectivity index is 1.51. The molecule has 1 aromatic heterocycles. The number of H-pyrrole nitrogens is 1. The number of nitro benzene ring substituents is 1. The second kappa shape index (κ2) is 6.95. The first-order valence-corrected chi connectivity index (χ1v) is 7.29. The van der Waals surface area contributed by atoms with E-state index in [0.29, 0.717) is 22.6 Å². The maximum atomic E-state index is 13.1. The number of halogens is 1. The number of fused-ring (bicyclic) bond motifs is 1. The maximum Gasteiger partial charge on any atom is 0.269 e. The summed E-state index contributed by atoms with van der Waals surface area (Å²) in [5.74, 6) is 0.0810. The Labute approximate surface area is 140 Å². The quantitative estimate of drug-likeness (QED) is 0.527. The van der Waals surface area contributed by atoms with E-state index < -0.39 is 4.92 Å². The van der Waals surface area contributed by atoms with Crippen LogP contribution in [0.3, 0.4) is 0 Å². The molecule has 0 atom stereocenters. The van der Waals surface area contributed by atoms with Crippen molar-refractivity contribution in [3.63, 3.8) is 0 Å². The van der Waals surface area contributed by atoms with Crippen LogP contribution in [0.5, 0.6) is 5.75 Å². The van der Waals surface area contributed by atoms with Crippen LogP contribution in [0, 0.1) is 15.9 Å². The zero-order valence-electron chi connectivity index (χ0n) is 12.9. The SMILES string of the molecule is O=C(COc1ccc([N+](=O)[O-])cc1)NCc1nc2ccc(F)cc2[nH]1. The molecule has 3 rings (SSSR count). The Bertz CT molecular complexity index is 924. The summed E-state index contributed by atoms with van der Waals surface area (Å²) in [5, 5.41) is 13.2. The number of nitro groups is 1. The number of amides is 1. The summed E-state index contributed by atoms with van der Waals surface area (Å²) in [4.78, 5) is 29.0. The number of non-ortho nitro benzene ring substituents is 1. The minimum Gasteiger partial charge on any atom is -0.484 e. The summed E-state index contributed by atoms with van der Waals surface area (Å²) >= 11 is 0. The van der Waals surface area contributed by atoms with Gasteiger partial charge in [0.15, 0.2) is 6.61 Å². The van der Waals surface area contributed by atoms with E-state index in [4.69, 9.17) is 4.74 Å². The van der Waals surface area contributed by atoms with Gasteiger partial charge >= 0.3 is 0 Å². The van der Waals surface area contributed by atoms with Crippen LogP contribution < -0.4 is 10.1 Å². The topological polar surface area (TPSA) is 110 Å². The molecule has 0 bridgehead atoms. The molecule has 1 heterocycles. The van der Waals surface area contributed by atoms with Crippen molar-refractivity contribution < 1.29 is 18.8 Å². The lowest BCUT2D eigenvalue weighted by Crippen LogP contribution is -2.28. The second-order valence-corrected chi connectivity index (χ2v) is 5.16. The first-order chi connectivity index (χ1) is 12.0. The van der Waals surface area contributed by atoms with Crippen LogP contribution in [0.25, 0.3) is 11.0 Å². The summed E-state index contributed by atoms with van der Waals surface area (Å²) in [6.45, 7) is -0.106. The minimum atomic E-state index is -0.518. The lowest BCUT2D eigenvalue weighted by Gasteiger charge is -2.06. The van der Waals surface area contributed by atoms with E-state index in [0.717, 1.165) is 0 Å². The summed E-state index contributed by atoms with van der Waals surface area (Å²) in [5.41, 5.74) is 1.09. The highest BCUT2D eigenvalue weighted by Crippen LogP contribution is 2.17. The third-order valence-corrected chi connectivity index (χ3v) is 3.36. The Morgan fingerprint density at radius 2 is 2.04 bits per heavy atom. The molecular weight excluding hydrogens is 331 g/mol. The number of hydrogen-bond donors (Lipinski definition) is 2. The van der Waals surface area contributed by atoms with Crippen LogP contribution in [0.2, 0.25) is 0 Å². The Morgan fingerprint density at radius 3 is 2.76 bits per heavy atom. The van der Waals surface area contributed by atoms with Gasteiger partial charge in [0.2, 0.25) is 0 Å². The van der Waals surface area contributed by atoms with E-state index in [1.807, 2.05) is 0 Å². The second-order valence-electron chi connectivity index (χ2n) is 5.16. The van der Waals surface area contributed by atoms with Crippen molar-refractivity contribution in [1.29, 1.82) is 0 Å². The molecule has 2 N–H and O–H groups in total. The highest BCUT2D eigenvalue weighted by atomic mass is 19.1. The van der Waals surface area contributed by atoms with Crippen molar-refractivity contribution in [2.45, 2.75) is 6.54 Å². The fourth-order valence-corrected chi connectivity index (χ4v) is 2.16. The van der Waals surface area contributed by atoms with E-state index in [-0.39, 0.29) is 30.6 Å². The van der Waals surface area contributed by atoms with Gasteiger partial charge in [-0.05, 0) is 30.3 Å². The lowest BCUT2D eigenvalue weighted by atomic mass is 10.3. The van der Waals surface area contributed by atoms with Crippen molar-refractivity contribution in [2.24, 2.45) is 0 Å². The van der Waals surface area contributed by atoms with Gasteiger partial charge in [0.1, 0.15) is 17.4 Å². The number of hydrogen-bond acceptors (Lipinski definition) is 5. The molecule has 0 aliphatic heterocycles. The molecule has 8 nitrogen and oxygen atoms in total. The standard InChI is InChI=1S/C16H13FN4O4/c17-10-1-6-13-14(7-10)20-15(19-13)8-18-16(22)9-25-12-4-2-11(3-5-12)21(23)24/h1-7H,8-9H2,(H,18,22)(H,19,20). The highest BCUT2D eigenvalue weighted by molar-refractivity contribution is 5.78. The molecule has 0 unspecified atom stereocenters. The molecule has 0 aliphatic carbocycles. The number of rotatable bonds is 6. The zero-order valence-corrected chi connectivity index (χ0v) is 12.9. The Morgan fingerprint density at radius 1 is 1.28 bits per heavy atom. The molecule has 3 aromatic rings. The van der Waals surface area contributed by atoms with Gasteiger partial charge < -0.3 is 15.0 Å². The van der Waals surface area contributed by atoms with E-state index in [1.165, 1.54) is 36.4 Å². The van der Waals surface area contributed by atoms with Crippen molar-refractivity contribution in [1.82, 2.24) is 15.3 Å². The number of imidazole rings is 1. The molecular formula is C16H13FN4O4. The van der Waals surface area contributed by atoms with Crippen LogP contribution in [0.15, 0.2) is 42.5 Å². The zero-order chi connectivity index (χ0) is 17.8. The molecule has 25 heavy (non-hydrogen) atoms. The molecule has 0 radical (unpaired) electrons. The number of benzene rings is 2. The number of nitrogens with zero attached hydrogens (tertiary/aromatic N) is 2. The molecule has 128 valence electrons. The van der Waals surface area contributed by atoms with E-state index >= 15 is 0 Å². The summed E-state index contributed by atoms with van der Waals surface area (Å²) in [6, 6.07) is 9.60. The number of aromatic amines is 1. The summed E-state index contributed by atoms with van der Waals surface area (Å²) < 4.78 is 18.4. The average molecular weight is 344 g/mol. The fraction of sp³-hybridized carbons (Fsp3) is 0.125. The number of ether oxygens (including phenoxy) is 1. The van der Waals surface area contributed by atoms with Crippen molar-refractivity contribution in [3.05, 3.63) is 64.2 Å². The Hall–Kier alpha value is -3.49. The van der Waals surface area contributed by atoms with Crippen LogP contribution in [0.1, 0.15) is 5.82 Å². The lowest BCUT2D eigenvalue weighted by molar-refractivity contribution is -0.384. The first-order valence-electron chi connectivity index (χ1n) is 7.29. The van der Waals surface area contributed by atoms with Gasteiger partial charge in [0, 0.05) is 12.1 Å². The van der Waals surface area contributed by atoms with Gasteiger partial charge in [-0.2, -0.15) is 0 Å². The largest absolute Gasteiger partial charge is 0.484 e. The molecule has 2 aromatic carbocycles. The van der Waals surface area contributed by atoms with E-state index in [9.17, 15) is 19.3 Å². The van der Waals surface area contributed by atoms with Gasteiger partial charge in [0.05, 0.1) is 22.5 Å². The third-order valence-electron chi connectivity index (χ3n) is 3.36. The van der Waals surface area contributed by atoms with E-state index in [2.05, 4.69) is 15.3 Å². The van der Waals surface area contributed by atoms with Crippen molar-refractivity contribution in [3.8, 4) is 5.75 Å². The van der Waals surface area contributed by atoms with Crippen molar-refractivity contribution >= 4 is 22.6 Å². The predicted molar refractivity (Wildman–Crippen MR) is 86.5 cm³/mol. The number of carbonyl (C=O) groups is 1. The molecule has 0 aliphatic rings. The normalized spacial score (nSPS) is 10.6. The minimum absolute atomic E-state index is 0.0573. The van der Waals surface area contributed by atoms with E-state index in [1.54, 1.807) is 6.07 Å². The third kappa shape index (κ3) is 4.08. The van der Waals surface area contributed by atoms with Gasteiger partial charge in [0.25, 0.3) is 11.6 Å². The molecule has 9 heteroatoms. The molecule has 0 spiro atoms. The van der Waals surface area contributed by atoms with Gasteiger partial charge in [-0.25, -0.2) is 9.37 Å². The van der Waals surface area contributed by atoms with Gasteiger partial charge in [-0.3, -0.25) is 14.9 Å². The number of aromatic nitrogens is 2. The molecule has 0 saturated carbocycles. The first kappa shape index (κ1) is 16.4. The molecule has 1 amide bonds. The summed E-state index contributed by atoms with van der Waals surface area (Å²) in [6.07, 6.45) is 0. The predicted octanol–water partition coefficient (Wildman–Crippen LogP) is 2.31. The van der Waals surface area contributed by atoms with Gasteiger partial charge in [-0.1, -0.05) is 0 Å². The van der Waals surface area contributed by atoms with Crippen LogP contribution in [0.4, 0.5) is 10.1 Å². The number of nitrogens with one attached hydrogen (secondary N) is 2. The molecule has 0 saturated heterocycles. The Kier molecular flexibility index (Phi) is 4.55. The van der Waals surface area contributed by atoms with Crippen LogP contribution in [-0.2, 0) is 11.3 Å². The number of carbonyl (C=O) groups excluding carboxylic acids is 1. The summed E-state index contributed by atoms with van der Waals surface area (Å²) in [7, 11) is 0. The van der Waals surface area contributed by atoms with Crippen LogP contribution >= 0.6 is 0 Å².